The maximum absolute atomic E-state index is 13.6. The van der Waals surface area contributed by atoms with Gasteiger partial charge in [0.2, 0.25) is 0 Å². The number of carbonyl (C=O) groups excluding carboxylic acids is 1. The molecule has 5 rings (SSSR count). The second kappa shape index (κ2) is 10.3. The molecule has 38 heavy (non-hydrogen) atoms. The van der Waals surface area contributed by atoms with Gasteiger partial charge in [-0.3, -0.25) is 19.1 Å². The smallest absolute Gasteiger partial charge is 0.266 e. The second-order valence-electron chi connectivity index (χ2n) is 8.86. The van der Waals surface area contributed by atoms with Gasteiger partial charge >= 0.3 is 0 Å². The minimum absolute atomic E-state index is 0.0422. The number of carbonyl (C=O) groups is 1. The Balaban J connectivity index is 1.36. The number of fused-ring (bicyclic) bond motifs is 1. The van der Waals surface area contributed by atoms with Gasteiger partial charge in [0.05, 0.1) is 30.1 Å². The molecule has 0 spiro atoms. The van der Waals surface area contributed by atoms with Crippen molar-refractivity contribution in [2.45, 2.75) is 20.3 Å². The number of benzene rings is 2. The van der Waals surface area contributed by atoms with Crippen molar-refractivity contribution in [1.82, 2.24) is 14.5 Å². The Morgan fingerprint density at radius 1 is 0.947 bits per heavy atom. The molecule has 0 amide bonds. The molecular weight excluding hydrogens is 485 g/mol. The zero-order valence-corrected chi connectivity index (χ0v) is 21.1. The summed E-state index contributed by atoms with van der Waals surface area (Å²) in [4.78, 5) is 35.1. The summed E-state index contributed by atoms with van der Waals surface area (Å²) in [6.45, 7) is 3.50. The highest BCUT2D eigenvalue weighted by atomic mass is 19.1. The highest BCUT2D eigenvalue weighted by Gasteiger charge is 2.17. The van der Waals surface area contributed by atoms with Gasteiger partial charge in [-0.2, -0.15) is 0 Å². The Bertz CT molecular complexity index is 1730. The van der Waals surface area contributed by atoms with E-state index >= 15 is 0 Å². The summed E-state index contributed by atoms with van der Waals surface area (Å²) in [5, 5.41) is 0. The molecule has 7 nitrogen and oxygen atoms in total. The highest BCUT2D eigenvalue weighted by Crippen LogP contribution is 2.29. The van der Waals surface area contributed by atoms with E-state index in [1.54, 1.807) is 87.9 Å². The Kier molecular flexibility index (Phi) is 6.70. The van der Waals surface area contributed by atoms with E-state index in [2.05, 4.69) is 9.97 Å². The number of methoxy groups -OCH3 is 1. The molecule has 8 heteroatoms. The fraction of sp³-hybridized carbons (Fsp3) is 0.133. The zero-order valence-electron chi connectivity index (χ0n) is 21.1. The van der Waals surface area contributed by atoms with Crippen LogP contribution in [0.15, 0.2) is 83.9 Å². The van der Waals surface area contributed by atoms with Crippen LogP contribution in [0.4, 0.5) is 4.39 Å². The van der Waals surface area contributed by atoms with Gasteiger partial charge in [-0.05, 0) is 67.4 Å². The number of Topliss-reactive ketones (excluding diaryl/α,β-unsaturated/α-hetero) is 1. The number of rotatable bonds is 7. The van der Waals surface area contributed by atoms with Gasteiger partial charge in [0.15, 0.2) is 11.5 Å². The van der Waals surface area contributed by atoms with Crippen LogP contribution in [-0.2, 0) is 6.42 Å². The minimum Gasteiger partial charge on any atom is -0.495 e. The SMILES string of the molecule is COc1cnc2c(Oc3ccc(CC(=O)c4ccc(C)n(-c5ccc(F)cc5C)c4=O)cc3)ccnc2c1. The van der Waals surface area contributed by atoms with Crippen molar-refractivity contribution in [3.05, 3.63) is 118 Å². The van der Waals surface area contributed by atoms with Crippen molar-refractivity contribution < 1.29 is 18.7 Å². The molecule has 0 fully saturated rings. The Hall–Kier alpha value is -4.85. The van der Waals surface area contributed by atoms with Crippen molar-refractivity contribution in [1.29, 1.82) is 0 Å². The van der Waals surface area contributed by atoms with Gasteiger partial charge in [-0.15, -0.1) is 0 Å². The van der Waals surface area contributed by atoms with E-state index in [1.165, 1.54) is 16.7 Å². The molecule has 2 aromatic carbocycles. The van der Waals surface area contributed by atoms with E-state index in [0.717, 1.165) is 5.56 Å². The van der Waals surface area contributed by atoms with E-state index in [0.29, 0.717) is 45.2 Å². The monoisotopic (exact) mass is 509 g/mol. The maximum Gasteiger partial charge on any atom is 0.266 e. The average molecular weight is 510 g/mol. The van der Waals surface area contributed by atoms with Crippen LogP contribution < -0.4 is 15.0 Å². The summed E-state index contributed by atoms with van der Waals surface area (Å²) in [6.07, 6.45) is 3.27. The van der Waals surface area contributed by atoms with Crippen LogP contribution in [0.3, 0.4) is 0 Å². The quantitative estimate of drug-likeness (QED) is 0.259. The summed E-state index contributed by atoms with van der Waals surface area (Å²) >= 11 is 0. The largest absolute Gasteiger partial charge is 0.495 e. The number of pyridine rings is 3. The molecule has 0 aliphatic carbocycles. The number of halogens is 1. The van der Waals surface area contributed by atoms with Gasteiger partial charge in [-0.1, -0.05) is 12.1 Å². The van der Waals surface area contributed by atoms with Gasteiger partial charge in [0.1, 0.15) is 22.8 Å². The number of ether oxygens (including phenoxy) is 2. The standard InChI is InChI=1S/C30H24FN3O4/c1-18-14-21(31)7-11-26(18)34-19(2)4-10-24(30(34)36)27(35)15-20-5-8-22(9-6-20)38-28-12-13-32-25-16-23(37-3)17-33-29(25)28/h4-14,16-17H,15H2,1-3H3. The van der Waals surface area contributed by atoms with Gasteiger partial charge in [-0.25, -0.2) is 9.37 Å². The molecule has 190 valence electrons. The third-order valence-electron chi connectivity index (χ3n) is 6.24. The topological polar surface area (TPSA) is 83.3 Å². The summed E-state index contributed by atoms with van der Waals surface area (Å²) in [7, 11) is 1.57. The van der Waals surface area contributed by atoms with Crippen molar-refractivity contribution in [3.63, 3.8) is 0 Å². The van der Waals surface area contributed by atoms with E-state index in [1.807, 2.05) is 0 Å². The molecule has 0 saturated carbocycles. The van der Waals surface area contributed by atoms with Gasteiger partial charge in [0.25, 0.3) is 5.56 Å². The Morgan fingerprint density at radius 2 is 1.74 bits per heavy atom. The summed E-state index contributed by atoms with van der Waals surface area (Å²) < 4.78 is 26.3. The molecule has 0 aliphatic heterocycles. The third-order valence-corrected chi connectivity index (χ3v) is 6.24. The normalized spacial score (nSPS) is 10.9. The number of hydrogen-bond donors (Lipinski definition) is 0. The molecule has 0 bridgehead atoms. The van der Waals surface area contributed by atoms with Gasteiger partial charge < -0.3 is 9.47 Å². The van der Waals surface area contributed by atoms with Crippen LogP contribution in [0.5, 0.6) is 17.2 Å². The maximum atomic E-state index is 13.6. The van der Waals surface area contributed by atoms with Crippen LogP contribution in [0.25, 0.3) is 16.7 Å². The third kappa shape index (κ3) is 4.88. The van der Waals surface area contributed by atoms with Crippen LogP contribution in [-0.4, -0.2) is 27.4 Å². The first-order valence-corrected chi connectivity index (χ1v) is 11.9. The zero-order chi connectivity index (χ0) is 26.8. The molecule has 0 atom stereocenters. The lowest BCUT2D eigenvalue weighted by molar-refractivity contribution is 0.0991. The first-order chi connectivity index (χ1) is 18.3. The summed E-state index contributed by atoms with van der Waals surface area (Å²) in [5.74, 6) is 1.01. The molecule has 5 aromatic rings. The number of nitrogens with zero attached hydrogens (tertiary/aromatic N) is 3. The summed E-state index contributed by atoms with van der Waals surface area (Å²) in [5.41, 5.74) is 3.41. The molecular formula is C30H24FN3O4. The fourth-order valence-corrected chi connectivity index (χ4v) is 4.28. The van der Waals surface area contributed by atoms with Crippen LogP contribution in [0.1, 0.15) is 27.2 Å². The van der Waals surface area contributed by atoms with Crippen molar-refractivity contribution >= 4 is 16.8 Å². The van der Waals surface area contributed by atoms with Crippen molar-refractivity contribution in [3.8, 4) is 22.9 Å². The van der Waals surface area contributed by atoms with E-state index in [4.69, 9.17) is 9.47 Å². The molecule has 0 N–H and O–H groups in total. The molecule has 0 saturated heterocycles. The first-order valence-electron chi connectivity index (χ1n) is 11.9. The number of ketones is 1. The lowest BCUT2D eigenvalue weighted by Crippen LogP contribution is -2.27. The summed E-state index contributed by atoms with van der Waals surface area (Å²) in [6, 6.07) is 18.1. The fourth-order valence-electron chi connectivity index (χ4n) is 4.28. The van der Waals surface area contributed by atoms with Crippen LogP contribution >= 0.6 is 0 Å². The number of hydrogen-bond acceptors (Lipinski definition) is 6. The van der Waals surface area contributed by atoms with Crippen LogP contribution in [0.2, 0.25) is 0 Å². The highest BCUT2D eigenvalue weighted by molar-refractivity contribution is 5.97. The van der Waals surface area contributed by atoms with Gasteiger partial charge in [0, 0.05) is 30.4 Å². The Morgan fingerprint density at radius 3 is 2.47 bits per heavy atom. The number of aryl methyl sites for hydroxylation is 2. The van der Waals surface area contributed by atoms with E-state index in [-0.39, 0.29) is 23.6 Å². The lowest BCUT2D eigenvalue weighted by Gasteiger charge is -2.14. The van der Waals surface area contributed by atoms with Crippen molar-refractivity contribution in [2.75, 3.05) is 7.11 Å². The van der Waals surface area contributed by atoms with Crippen molar-refractivity contribution in [2.24, 2.45) is 0 Å². The average Bonchev–Trinajstić information content (AvgIpc) is 2.90. The predicted molar refractivity (Wildman–Crippen MR) is 142 cm³/mol. The molecule has 0 aliphatic rings. The van der Waals surface area contributed by atoms with Crippen LogP contribution in [0, 0.1) is 19.7 Å². The predicted octanol–water partition coefficient (Wildman–Crippen LogP) is 5.76. The molecule has 0 radical (unpaired) electrons. The minimum atomic E-state index is -0.432. The number of aromatic nitrogens is 3. The molecule has 3 heterocycles. The van der Waals surface area contributed by atoms with E-state index in [9.17, 15) is 14.0 Å². The molecule has 3 aromatic heterocycles. The lowest BCUT2D eigenvalue weighted by atomic mass is 10.0. The first kappa shape index (κ1) is 24.8. The second-order valence-corrected chi connectivity index (χ2v) is 8.86. The van der Waals surface area contributed by atoms with E-state index < -0.39 is 5.56 Å². The Labute approximate surface area is 218 Å². The molecule has 0 unspecified atom stereocenters.